The van der Waals surface area contributed by atoms with Crippen LogP contribution in [0.2, 0.25) is 5.02 Å². The molecule has 0 radical (unpaired) electrons. The molecule has 0 spiro atoms. The van der Waals surface area contributed by atoms with Crippen LogP contribution in [0.15, 0.2) is 30.6 Å². The summed E-state index contributed by atoms with van der Waals surface area (Å²) in [4.78, 5) is 17.8. The number of halogens is 1. The number of carbonyl (C=O) groups excluding carboxylic acids is 1. The van der Waals surface area contributed by atoms with E-state index in [1.807, 2.05) is 42.8 Å². The quantitative estimate of drug-likeness (QED) is 0.845. The second kappa shape index (κ2) is 6.76. The molecule has 0 saturated heterocycles. The van der Waals surface area contributed by atoms with E-state index in [2.05, 4.69) is 4.98 Å². The van der Waals surface area contributed by atoms with Crippen molar-refractivity contribution >= 4 is 23.2 Å². The van der Waals surface area contributed by atoms with Crippen molar-refractivity contribution in [2.45, 2.75) is 33.2 Å². The SMILES string of the molecule is CCCC(=O)N(C)c1ccc(Cn2ccnc2C)c(Cl)c1. The van der Waals surface area contributed by atoms with Gasteiger partial charge in [0.05, 0.1) is 6.54 Å². The standard InChI is InChI=1S/C16H20ClN3O/c1-4-5-16(21)19(3)14-7-6-13(15(17)10-14)11-20-9-8-18-12(20)2/h6-10H,4-5,11H2,1-3H3. The highest BCUT2D eigenvalue weighted by atomic mass is 35.5. The minimum absolute atomic E-state index is 0.103. The molecule has 0 N–H and O–H groups in total. The summed E-state index contributed by atoms with van der Waals surface area (Å²) in [5.41, 5.74) is 1.84. The molecule has 0 bridgehead atoms. The maximum Gasteiger partial charge on any atom is 0.226 e. The fourth-order valence-corrected chi connectivity index (χ4v) is 2.39. The van der Waals surface area contributed by atoms with Gasteiger partial charge in [-0.2, -0.15) is 0 Å². The van der Waals surface area contributed by atoms with Gasteiger partial charge in [-0.3, -0.25) is 4.79 Å². The number of imidazole rings is 1. The van der Waals surface area contributed by atoms with Crippen molar-refractivity contribution in [3.05, 3.63) is 47.0 Å². The Morgan fingerprint density at radius 3 is 2.76 bits per heavy atom. The minimum Gasteiger partial charge on any atom is -0.331 e. The highest BCUT2D eigenvalue weighted by Gasteiger charge is 2.12. The zero-order valence-corrected chi connectivity index (χ0v) is 13.4. The third-order valence-corrected chi connectivity index (χ3v) is 3.88. The molecule has 2 rings (SSSR count). The van der Waals surface area contributed by atoms with Gasteiger partial charge in [0.1, 0.15) is 5.82 Å². The van der Waals surface area contributed by atoms with E-state index >= 15 is 0 Å². The van der Waals surface area contributed by atoms with Gasteiger partial charge < -0.3 is 9.47 Å². The number of benzene rings is 1. The number of rotatable bonds is 5. The first kappa shape index (κ1) is 15.6. The van der Waals surface area contributed by atoms with Gasteiger partial charge in [-0.25, -0.2) is 4.98 Å². The first-order valence-electron chi connectivity index (χ1n) is 7.05. The van der Waals surface area contributed by atoms with Crippen LogP contribution in [-0.4, -0.2) is 22.5 Å². The number of hydrogen-bond donors (Lipinski definition) is 0. The molecule has 0 fully saturated rings. The molecule has 0 saturated carbocycles. The summed E-state index contributed by atoms with van der Waals surface area (Å²) in [6, 6.07) is 5.74. The highest BCUT2D eigenvalue weighted by molar-refractivity contribution is 6.31. The first-order chi connectivity index (χ1) is 10.0. The van der Waals surface area contributed by atoms with Crippen LogP contribution in [0.3, 0.4) is 0 Å². The first-order valence-corrected chi connectivity index (χ1v) is 7.43. The molecule has 1 heterocycles. The molecular weight excluding hydrogens is 286 g/mol. The van der Waals surface area contributed by atoms with Crippen LogP contribution in [0.5, 0.6) is 0 Å². The summed E-state index contributed by atoms with van der Waals surface area (Å²) in [6.45, 7) is 4.63. The molecule has 0 aliphatic rings. The summed E-state index contributed by atoms with van der Waals surface area (Å²) >= 11 is 6.35. The van der Waals surface area contributed by atoms with Crippen molar-refractivity contribution in [1.29, 1.82) is 0 Å². The van der Waals surface area contributed by atoms with Gasteiger partial charge in [0.25, 0.3) is 0 Å². The summed E-state index contributed by atoms with van der Waals surface area (Å²) in [7, 11) is 1.78. The third kappa shape index (κ3) is 3.64. The highest BCUT2D eigenvalue weighted by Crippen LogP contribution is 2.24. The monoisotopic (exact) mass is 305 g/mol. The Hall–Kier alpha value is -1.81. The molecule has 112 valence electrons. The molecule has 0 aliphatic carbocycles. The average molecular weight is 306 g/mol. The lowest BCUT2D eigenvalue weighted by Gasteiger charge is -2.18. The van der Waals surface area contributed by atoms with Crippen molar-refractivity contribution in [2.24, 2.45) is 0 Å². The van der Waals surface area contributed by atoms with Crippen LogP contribution in [0, 0.1) is 6.92 Å². The Kier molecular flexibility index (Phi) is 5.02. The van der Waals surface area contributed by atoms with E-state index < -0.39 is 0 Å². The Morgan fingerprint density at radius 1 is 1.43 bits per heavy atom. The van der Waals surface area contributed by atoms with Crippen molar-refractivity contribution in [3.63, 3.8) is 0 Å². The Bertz CT molecular complexity index is 636. The average Bonchev–Trinajstić information content (AvgIpc) is 2.86. The second-order valence-electron chi connectivity index (χ2n) is 5.08. The molecule has 4 nitrogen and oxygen atoms in total. The molecule has 0 unspecified atom stereocenters. The predicted octanol–water partition coefficient (Wildman–Crippen LogP) is 3.66. The Labute approximate surface area is 130 Å². The number of amides is 1. The summed E-state index contributed by atoms with van der Waals surface area (Å²) in [5.74, 6) is 1.05. The van der Waals surface area contributed by atoms with Crippen LogP contribution in [0.1, 0.15) is 31.2 Å². The molecule has 21 heavy (non-hydrogen) atoms. The summed E-state index contributed by atoms with van der Waals surface area (Å²) < 4.78 is 2.03. The molecular formula is C16H20ClN3O. The number of anilines is 1. The minimum atomic E-state index is 0.103. The van der Waals surface area contributed by atoms with Gasteiger partial charge in [0.15, 0.2) is 0 Å². The second-order valence-corrected chi connectivity index (χ2v) is 5.49. The molecule has 0 atom stereocenters. The van der Waals surface area contributed by atoms with E-state index in [1.54, 1.807) is 18.1 Å². The van der Waals surface area contributed by atoms with E-state index in [1.165, 1.54) is 0 Å². The lowest BCUT2D eigenvalue weighted by molar-refractivity contribution is -0.118. The maximum absolute atomic E-state index is 11.9. The molecule has 0 aliphatic heterocycles. The van der Waals surface area contributed by atoms with Crippen LogP contribution in [0.4, 0.5) is 5.69 Å². The fraction of sp³-hybridized carbons (Fsp3) is 0.375. The van der Waals surface area contributed by atoms with Crippen LogP contribution in [0.25, 0.3) is 0 Å². The molecule has 1 amide bonds. The predicted molar refractivity (Wildman–Crippen MR) is 85.8 cm³/mol. The number of carbonyl (C=O) groups is 1. The summed E-state index contributed by atoms with van der Waals surface area (Å²) in [5, 5.41) is 0.664. The van der Waals surface area contributed by atoms with Crippen LogP contribution >= 0.6 is 11.6 Å². The topological polar surface area (TPSA) is 38.1 Å². The molecule has 2 aromatic rings. The third-order valence-electron chi connectivity index (χ3n) is 3.53. The van der Waals surface area contributed by atoms with Crippen LogP contribution in [-0.2, 0) is 11.3 Å². The Morgan fingerprint density at radius 2 is 2.19 bits per heavy atom. The van der Waals surface area contributed by atoms with E-state index in [-0.39, 0.29) is 5.91 Å². The van der Waals surface area contributed by atoms with E-state index in [9.17, 15) is 4.79 Å². The maximum atomic E-state index is 11.9. The van der Waals surface area contributed by atoms with E-state index in [4.69, 9.17) is 11.6 Å². The van der Waals surface area contributed by atoms with Crippen molar-refractivity contribution in [1.82, 2.24) is 9.55 Å². The smallest absolute Gasteiger partial charge is 0.226 e. The lowest BCUT2D eigenvalue weighted by atomic mass is 10.2. The zero-order chi connectivity index (χ0) is 15.4. The van der Waals surface area contributed by atoms with Crippen molar-refractivity contribution in [3.8, 4) is 0 Å². The van der Waals surface area contributed by atoms with E-state index in [0.717, 1.165) is 23.5 Å². The normalized spacial score (nSPS) is 10.7. The number of nitrogens with zero attached hydrogens (tertiary/aromatic N) is 3. The van der Waals surface area contributed by atoms with Gasteiger partial charge in [-0.1, -0.05) is 24.6 Å². The fourth-order valence-electron chi connectivity index (χ4n) is 2.15. The Balaban J connectivity index is 2.17. The molecule has 1 aromatic heterocycles. The van der Waals surface area contributed by atoms with E-state index in [0.29, 0.717) is 18.0 Å². The van der Waals surface area contributed by atoms with Gasteiger partial charge in [-0.15, -0.1) is 0 Å². The lowest BCUT2D eigenvalue weighted by Crippen LogP contribution is -2.25. The molecule has 1 aromatic carbocycles. The molecule has 5 heteroatoms. The number of hydrogen-bond acceptors (Lipinski definition) is 2. The zero-order valence-electron chi connectivity index (χ0n) is 12.6. The van der Waals surface area contributed by atoms with Gasteiger partial charge >= 0.3 is 0 Å². The summed E-state index contributed by atoms with van der Waals surface area (Å²) in [6.07, 6.45) is 5.09. The van der Waals surface area contributed by atoms with Gasteiger partial charge in [0.2, 0.25) is 5.91 Å². The number of aromatic nitrogens is 2. The largest absolute Gasteiger partial charge is 0.331 e. The number of aryl methyl sites for hydroxylation is 1. The van der Waals surface area contributed by atoms with Crippen LogP contribution < -0.4 is 4.90 Å². The van der Waals surface area contributed by atoms with Gasteiger partial charge in [-0.05, 0) is 31.0 Å². The van der Waals surface area contributed by atoms with Crippen molar-refractivity contribution < 1.29 is 4.79 Å². The van der Waals surface area contributed by atoms with Gasteiger partial charge in [0, 0.05) is 36.6 Å². The van der Waals surface area contributed by atoms with Crippen molar-refractivity contribution in [2.75, 3.05) is 11.9 Å².